The van der Waals surface area contributed by atoms with Gasteiger partial charge in [0.25, 0.3) is 17.2 Å². The number of phenols is 1. The number of ether oxygens (including phenoxy) is 4. The van der Waals surface area contributed by atoms with Crippen LogP contribution in [0.2, 0.25) is 0 Å². The van der Waals surface area contributed by atoms with E-state index in [0.717, 1.165) is 29.9 Å². The van der Waals surface area contributed by atoms with Gasteiger partial charge in [0, 0.05) is 81.9 Å². The number of piperidine rings is 1. The third-order valence-electron chi connectivity index (χ3n) is 17.6. The first-order valence-electron chi connectivity index (χ1n) is 27.5. The molecule has 7 heterocycles. The van der Waals surface area contributed by atoms with Crippen LogP contribution >= 0.6 is 0 Å². The summed E-state index contributed by atoms with van der Waals surface area (Å²) in [6, 6.07) is 1.42. The summed E-state index contributed by atoms with van der Waals surface area (Å²) in [6.45, 7) is 15.4. The molecule has 1 aromatic carbocycles. The number of esters is 1. The molecule has 2 unspecified atom stereocenters. The third-order valence-corrected chi connectivity index (χ3v) is 17.6. The number of allylic oxidation sites excluding steroid dienone is 4. The van der Waals surface area contributed by atoms with Crippen molar-refractivity contribution in [2.45, 2.75) is 131 Å². The molecule has 2 saturated heterocycles. The number of aryl methyl sites for hydroxylation is 1. The van der Waals surface area contributed by atoms with E-state index < -0.39 is 129 Å². The number of amides is 1. The summed E-state index contributed by atoms with van der Waals surface area (Å²) in [6.07, 6.45) is 7.79. The predicted molar refractivity (Wildman–Crippen MR) is 290 cm³/mol. The third kappa shape index (κ3) is 10.1. The fourth-order valence-corrected chi connectivity index (χ4v) is 12.8. The Balaban J connectivity index is 1.09. The first-order valence-corrected chi connectivity index (χ1v) is 27.5. The van der Waals surface area contributed by atoms with Crippen LogP contribution in [-0.4, -0.2) is 128 Å². The summed E-state index contributed by atoms with van der Waals surface area (Å²) < 4.78 is 41.5. The largest absolute Gasteiger partial charge is 0.507 e. The van der Waals surface area contributed by atoms with Crippen LogP contribution in [-0.2, 0) is 23.8 Å². The molecule has 11 atom stereocenters. The number of halogens is 1. The number of rotatable bonds is 7. The first kappa shape index (κ1) is 57.5. The molecule has 10 rings (SSSR count). The van der Waals surface area contributed by atoms with E-state index in [1.54, 1.807) is 51.7 Å². The van der Waals surface area contributed by atoms with Crippen LogP contribution in [0.25, 0.3) is 5.52 Å². The highest BCUT2D eigenvalue weighted by Crippen LogP contribution is 2.50. The Kier molecular flexibility index (Phi) is 15.9. The van der Waals surface area contributed by atoms with Crippen LogP contribution in [0.15, 0.2) is 64.6 Å². The van der Waals surface area contributed by atoms with Gasteiger partial charge in [-0.3, -0.25) is 33.2 Å². The highest BCUT2D eigenvalue weighted by atomic mass is 19.1. The van der Waals surface area contributed by atoms with Crippen LogP contribution in [0.1, 0.15) is 145 Å². The number of hydrogen-bond donors (Lipinski definition) is 5. The lowest BCUT2D eigenvalue weighted by atomic mass is 9.78. The van der Waals surface area contributed by atoms with E-state index in [1.165, 1.54) is 59.3 Å². The Morgan fingerprint density at radius 1 is 0.850 bits per heavy atom. The quantitative estimate of drug-likeness (QED) is 0.152. The van der Waals surface area contributed by atoms with E-state index in [4.69, 9.17) is 18.9 Å². The SMILES string of the molecule is CO[C@H]1/C=C/O[C@@]2(C)Oc3c(C)c(O)c4c(c3C2=O)C(=O)C(N2CCC(C3CCCN(c5c(F)cn6c(=O)c(C(=O)O)cc(C7CC7)c6c5C)C3)C2)=C(NC(=O)/C(C)=C\C=C\[C@H](C)[C@H](O)[C@@H](C)[C@@H](O)[C@@H](C)[C@H](OC(C)=O)[C@@H]1C)C4=O. The fraction of sp³-hybridized carbons (Fsp3) is 0.517. The number of pyridine rings is 2. The van der Waals surface area contributed by atoms with Gasteiger partial charge in [0.2, 0.25) is 11.6 Å². The standard InChI is InChI=1S/C60H71FN4O15/c1-27-13-11-14-28(2)57(73)62-45-48(64-21-18-37(25-64)36-15-12-20-63(24-36)47-30(4)46-38(35-16-17-35)23-39(59(75)76)58(74)65(46)26-40(47)61)53(71)42-43(52(45)70)51(69)33(7)55-44(42)56(72)60(9,80-55)78-22-19-41(77-10)29(3)54(79-34(8)66)32(6)50(68)31(5)49(27)67/h11,13-14,19,22-23,26-27,29,31-32,35-37,41,49-50,54,67-69H,12,15-18,20-21,24-25H2,1-10H3,(H,62,73)(H,75,76)/b13-11+,22-19+,28-14-/t27-,29+,31+,32+,36?,37?,41-,49-,50+,54+,60-/m0/s1. The van der Waals surface area contributed by atoms with Gasteiger partial charge in [-0.05, 0) is 93.9 Å². The van der Waals surface area contributed by atoms with Crippen molar-refractivity contribution in [1.82, 2.24) is 14.6 Å². The zero-order chi connectivity index (χ0) is 58.1. The molecule has 5 aliphatic heterocycles. The molecule has 3 aromatic rings. The second-order valence-electron chi connectivity index (χ2n) is 22.9. The van der Waals surface area contributed by atoms with E-state index in [9.17, 15) is 44.4 Å². The average Bonchev–Trinajstić information content (AvgIpc) is 4.22. The molecule has 7 aliphatic rings. The molecule has 0 spiro atoms. The Labute approximate surface area is 462 Å². The number of carboxylic acids is 1. The molecule has 80 heavy (non-hydrogen) atoms. The number of aromatic nitrogens is 1. The van der Waals surface area contributed by atoms with Gasteiger partial charge in [0.15, 0.2) is 5.82 Å². The number of aromatic carboxylic acids is 1. The molecule has 5 bridgehead atoms. The number of ketones is 3. The number of anilines is 1. The number of likely N-dealkylation sites (tertiary alicyclic amines) is 1. The summed E-state index contributed by atoms with van der Waals surface area (Å²) in [4.78, 5) is 101. The molecule has 1 amide bonds. The lowest BCUT2D eigenvalue weighted by Crippen LogP contribution is -2.46. The maximum Gasteiger partial charge on any atom is 0.341 e. The van der Waals surface area contributed by atoms with Gasteiger partial charge in [0.1, 0.15) is 34.6 Å². The second-order valence-corrected chi connectivity index (χ2v) is 22.9. The smallest absolute Gasteiger partial charge is 0.341 e. The van der Waals surface area contributed by atoms with Crippen LogP contribution in [0.4, 0.5) is 10.1 Å². The van der Waals surface area contributed by atoms with E-state index in [2.05, 4.69) is 5.32 Å². The number of nitrogens with zero attached hydrogens (tertiary/aromatic N) is 3. The summed E-state index contributed by atoms with van der Waals surface area (Å²) in [5.41, 5.74) is -1.03. The number of carbonyl (C=O) groups is 6. The number of carboxylic acid groups (broad SMARTS) is 1. The highest BCUT2D eigenvalue weighted by Gasteiger charge is 2.54. The Bertz CT molecular complexity index is 3300. The zero-order valence-corrected chi connectivity index (χ0v) is 46.8. The van der Waals surface area contributed by atoms with Crippen molar-refractivity contribution >= 4 is 46.4 Å². The molecule has 428 valence electrons. The minimum atomic E-state index is -2.16. The minimum Gasteiger partial charge on any atom is -0.507 e. The molecule has 3 fully saturated rings. The number of aromatic hydroxyl groups is 1. The summed E-state index contributed by atoms with van der Waals surface area (Å²) >= 11 is 0. The number of methoxy groups -OCH3 is 1. The van der Waals surface area contributed by atoms with E-state index in [1.807, 2.05) is 4.90 Å². The van der Waals surface area contributed by atoms with Crippen molar-refractivity contribution in [2.24, 2.45) is 35.5 Å². The monoisotopic (exact) mass is 1110 g/mol. The number of aliphatic hydroxyl groups is 2. The van der Waals surface area contributed by atoms with Gasteiger partial charge in [-0.25, -0.2) is 9.18 Å². The molecule has 20 heteroatoms. The van der Waals surface area contributed by atoms with Crippen molar-refractivity contribution in [3.63, 3.8) is 0 Å². The predicted octanol–water partition coefficient (Wildman–Crippen LogP) is 6.83. The van der Waals surface area contributed by atoms with Crippen molar-refractivity contribution in [2.75, 3.05) is 38.2 Å². The molecule has 2 aromatic heterocycles. The van der Waals surface area contributed by atoms with Gasteiger partial charge in [-0.1, -0.05) is 45.9 Å². The topological polar surface area (TPSA) is 260 Å². The maximum atomic E-state index is 16.5. The van der Waals surface area contributed by atoms with Gasteiger partial charge >= 0.3 is 17.7 Å². The number of phenolic OH excluding ortho intramolecular Hbond substituents is 1. The number of aliphatic hydroxyl groups excluding tert-OH is 2. The van der Waals surface area contributed by atoms with Crippen molar-refractivity contribution < 1.29 is 72.5 Å². The van der Waals surface area contributed by atoms with Crippen LogP contribution < -0.4 is 20.5 Å². The van der Waals surface area contributed by atoms with E-state index in [-0.39, 0.29) is 59.0 Å². The molecule has 19 nitrogen and oxygen atoms in total. The van der Waals surface area contributed by atoms with Crippen molar-refractivity contribution in [1.29, 1.82) is 0 Å². The number of hydrogen-bond acceptors (Lipinski definition) is 16. The minimum absolute atomic E-state index is 0.0382. The van der Waals surface area contributed by atoms with E-state index >= 15 is 14.0 Å². The summed E-state index contributed by atoms with van der Waals surface area (Å²) in [5, 5.41) is 47.6. The molecular formula is C60H71FN4O15. The van der Waals surface area contributed by atoms with Gasteiger partial charge in [-0.15, -0.1) is 0 Å². The van der Waals surface area contributed by atoms with Crippen LogP contribution in [0.3, 0.4) is 0 Å². The highest BCUT2D eigenvalue weighted by molar-refractivity contribution is 6.32. The van der Waals surface area contributed by atoms with E-state index in [0.29, 0.717) is 48.3 Å². The van der Waals surface area contributed by atoms with Gasteiger partial charge in [-0.2, -0.15) is 0 Å². The van der Waals surface area contributed by atoms with Gasteiger partial charge in [0.05, 0.1) is 58.7 Å². The normalized spacial score (nSPS) is 31.1. The lowest BCUT2D eigenvalue weighted by Gasteiger charge is -2.38. The fourth-order valence-electron chi connectivity index (χ4n) is 12.8. The maximum absolute atomic E-state index is 16.5. The number of Topliss-reactive ketones (excluding diaryl/α,β-unsaturated/α-hetero) is 3. The second kappa shape index (κ2) is 22.1. The number of benzene rings is 1. The average molecular weight is 1110 g/mol. The molecular weight excluding hydrogens is 1040 g/mol. The number of nitrogens with one attached hydrogen (secondary N) is 1. The number of carbonyl (C=O) groups excluding carboxylic acids is 5. The lowest BCUT2D eigenvalue weighted by molar-refractivity contribution is -0.160. The molecule has 2 aliphatic carbocycles. The molecule has 0 radical (unpaired) electrons. The van der Waals surface area contributed by atoms with Gasteiger partial charge < -0.3 is 54.5 Å². The first-order chi connectivity index (χ1) is 37.8. The molecule has 5 N–H and O–H groups in total. The van der Waals surface area contributed by atoms with Crippen molar-refractivity contribution in [3.8, 4) is 11.5 Å². The Morgan fingerprint density at radius 2 is 1.54 bits per heavy atom. The number of fused-ring (bicyclic) bond motifs is 15. The zero-order valence-electron chi connectivity index (χ0n) is 46.8. The molecule has 1 saturated carbocycles. The van der Waals surface area contributed by atoms with Crippen LogP contribution in [0, 0.1) is 55.2 Å². The van der Waals surface area contributed by atoms with Crippen LogP contribution in [0.5, 0.6) is 11.5 Å². The summed E-state index contributed by atoms with van der Waals surface area (Å²) in [5.74, 6) is -11.9. The van der Waals surface area contributed by atoms with Crippen molar-refractivity contribution in [3.05, 3.63) is 115 Å². The Hall–Kier alpha value is -7.16. The Morgan fingerprint density at radius 3 is 2.20 bits per heavy atom. The summed E-state index contributed by atoms with van der Waals surface area (Å²) in [7, 11) is 1.41.